The molecule has 3 unspecified atom stereocenters. The summed E-state index contributed by atoms with van der Waals surface area (Å²) >= 11 is 0. The molecule has 0 aromatic rings. The molecule has 12 heavy (non-hydrogen) atoms. The molecular weight excluding hydrogens is 152 g/mol. The number of piperazine rings is 1. The first-order valence-corrected chi connectivity index (χ1v) is 4.78. The van der Waals surface area contributed by atoms with E-state index < -0.39 is 6.10 Å². The maximum absolute atomic E-state index is 11.9. The van der Waals surface area contributed by atoms with E-state index in [2.05, 4.69) is 10.6 Å². The van der Waals surface area contributed by atoms with Gasteiger partial charge >= 0.3 is 0 Å². The van der Waals surface area contributed by atoms with Gasteiger partial charge in [0.05, 0.1) is 5.54 Å². The minimum Gasteiger partial charge on any atom is -0.311 e. The second kappa shape index (κ2) is 2.69. The minimum atomic E-state index is -0.461. The van der Waals surface area contributed by atoms with Gasteiger partial charge in [0, 0.05) is 19.1 Å². The Morgan fingerprint density at radius 2 is 2.25 bits per heavy atom. The van der Waals surface area contributed by atoms with Crippen LogP contribution in [0.2, 0.25) is 0 Å². The van der Waals surface area contributed by atoms with Crippen LogP contribution in [0.25, 0.3) is 0 Å². The van der Waals surface area contributed by atoms with Gasteiger partial charge in [0.1, 0.15) is 6.10 Å². The van der Waals surface area contributed by atoms with Gasteiger partial charge in [-0.05, 0) is 12.3 Å². The number of hydrogen-bond donors (Lipinski definition) is 2. The topological polar surface area (TPSA) is 44.0 Å². The third kappa shape index (κ3) is 1.08. The third-order valence-corrected chi connectivity index (χ3v) is 3.17. The van der Waals surface area contributed by atoms with E-state index in [0.717, 1.165) is 19.5 Å². The van der Waals surface area contributed by atoms with Crippen molar-refractivity contribution in [1.29, 1.82) is 0 Å². The van der Waals surface area contributed by atoms with Crippen molar-refractivity contribution in [3.63, 3.8) is 0 Å². The minimum absolute atomic E-state index is 0.126. The first-order chi connectivity index (χ1) is 5.64. The van der Waals surface area contributed by atoms with E-state index in [0.29, 0.717) is 6.04 Å². The van der Waals surface area contributed by atoms with E-state index in [-0.39, 0.29) is 11.5 Å². The number of nitrogens with one attached hydrogen (secondary N) is 2. The molecule has 0 spiro atoms. The van der Waals surface area contributed by atoms with Crippen molar-refractivity contribution >= 4 is 0 Å². The molecule has 3 atom stereocenters. The van der Waals surface area contributed by atoms with Gasteiger partial charge in [-0.25, -0.2) is 5.11 Å². The normalized spacial score (nSPS) is 42.5. The van der Waals surface area contributed by atoms with Crippen LogP contribution < -0.4 is 10.6 Å². The summed E-state index contributed by atoms with van der Waals surface area (Å²) < 4.78 is 0. The highest BCUT2D eigenvalue weighted by molar-refractivity contribution is 5.11. The Morgan fingerprint density at radius 3 is 2.58 bits per heavy atom. The molecule has 2 aliphatic heterocycles. The maximum atomic E-state index is 11.9. The largest absolute Gasteiger partial charge is 0.311 e. The molecule has 2 N–H and O–H groups in total. The molecule has 2 aliphatic rings. The van der Waals surface area contributed by atoms with E-state index in [1.54, 1.807) is 0 Å². The van der Waals surface area contributed by atoms with Gasteiger partial charge < -0.3 is 10.6 Å². The number of fused-ring (bicyclic) bond motifs is 2. The molecule has 0 amide bonds. The van der Waals surface area contributed by atoms with Crippen LogP contribution in [0.15, 0.2) is 0 Å². The molecule has 0 aromatic heterocycles. The van der Waals surface area contributed by atoms with Gasteiger partial charge in [-0.15, -0.1) is 0 Å². The summed E-state index contributed by atoms with van der Waals surface area (Å²) in [7, 11) is 0. The molecule has 1 radical (unpaired) electrons. The average molecular weight is 169 g/mol. The standard InChI is InChI=1S/C9H17N2O/c1-6(2)8(12)9-3-7(4-11-9)10-5-9/h6-8,10-11H,3-5H2,1-2H3. The SMILES string of the molecule is CC(C)C([O])C12CNC(CN1)C2. The van der Waals surface area contributed by atoms with E-state index in [1.165, 1.54) is 0 Å². The Labute approximate surface area is 73.5 Å². The number of rotatable bonds is 2. The predicted molar refractivity (Wildman–Crippen MR) is 46.5 cm³/mol. The van der Waals surface area contributed by atoms with Gasteiger partial charge in [0.15, 0.2) is 0 Å². The monoisotopic (exact) mass is 169 g/mol. The Balaban J connectivity index is 2.10. The molecule has 0 saturated carbocycles. The van der Waals surface area contributed by atoms with Crippen molar-refractivity contribution < 1.29 is 5.11 Å². The lowest BCUT2D eigenvalue weighted by molar-refractivity contribution is -0.0175. The summed E-state index contributed by atoms with van der Waals surface area (Å²) in [4.78, 5) is 0. The Morgan fingerprint density at radius 1 is 1.50 bits per heavy atom. The van der Waals surface area contributed by atoms with Gasteiger partial charge in [0.25, 0.3) is 0 Å². The molecule has 2 rings (SSSR count). The van der Waals surface area contributed by atoms with Crippen LogP contribution in [0.4, 0.5) is 0 Å². The van der Waals surface area contributed by atoms with Crippen LogP contribution in [-0.4, -0.2) is 30.8 Å². The first kappa shape index (κ1) is 8.48. The summed E-state index contributed by atoms with van der Waals surface area (Å²) in [5, 5.41) is 18.7. The summed E-state index contributed by atoms with van der Waals surface area (Å²) in [6, 6.07) is 0.556. The van der Waals surface area contributed by atoms with E-state index in [9.17, 15) is 5.11 Å². The fraction of sp³-hybridized carbons (Fsp3) is 1.00. The van der Waals surface area contributed by atoms with E-state index >= 15 is 0 Å². The molecular formula is C9H17N2O. The van der Waals surface area contributed by atoms with Crippen LogP contribution in [0.1, 0.15) is 20.3 Å². The predicted octanol–water partition coefficient (Wildman–Crippen LogP) is 0.145. The summed E-state index contributed by atoms with van der Waals surface area (Å²) in [6.07, 6.45) is 0.566. The van der Waals surface area contributed by atoms with Crippen molar-refractivity contribution in [1.82, 2.24) is 10.6 Å². The Hall–Kier alpha value is -0.120. The zero-order chi connectivity index (χ0) is 8.77. The fourth-order valence-corrected chi connectivity index (χ4v) is 2.47. The quantitative estimate of drug-likeness (QED) is 0.618. The van der Waals surface area contributed by atoms with Crippen LogP contribution in [0.3, 0.4) is 0 Å². The highest BCUT2D eigenvalue weighted by Crippen LogP contribution is 2.31. The van der Waals surface area contributed by atoms with Crippen molar-refractivity contribution in [3.8, 4) is 0 Å². The first-order valence-electron chi connectivity index (χ1n) is 4.78. The smallest absolute Gasteiger partial charge is 0.115 e. The van der Waals surface area contributed by atoms with Crippen molar-refractivity contribution in [2.45, 2.75) is 38.0 Å². The molecule has 3 nitrogen and oxygen atoms in total. The molecule has 2 bridgehead atoms. The highest BCUT2D eigenvalue weighted by Gasteiger charge is 2.50. The molecule has 0 aromatic carbocycles. The van der Waals surface area contributed by atoms with Gasteiger partial charge in [-0.3, -0.25) is 0 Å². The second-order valence-electron chi connectivity index (χ2n) is 4.48. The summed E-state index contributed by atoms with van der Waals surface area (Å²) in [6.45, 7) is 5.87. The maximum Gasteiger partial charge on any atom is 0.115 e. The zero-order valence-corrected chi connectivity index (χ0v) is 7.76. The lowest BCUT2D eigenvalue weighted by Crippen LogP contribution is -2.57. The van der Waals surface area contributed by atoms with Crippen LogP contribution in [0, 0.1) is 5.92 Å². The van der Waals surface area contributed by atoms with Crippen LogP contribution >= 0.6 is 0 Å². The molecule has 0 aliphatic carbocycles. The van der Waals surface area contributed by atoms with Crippen LogP contribution in [0.5, 0.6) is 0 Å². The second-order valence-corrected chi connectivity index (χ2v) is 4.48. The number of hydrogen-bond acceptors (Lipinski definition) is 2. The van der Waals surface area contributed by atoms with Crippen molar-refractivity contribution in [3.05, 3.63) is 0 Å². The molecule has 2 heterocycles. The van der Waals surface area contributed by atoms with E-state index in [4.69, 9.17) is 0 Å². The lowest BCUT2D eigenvalue weighted by Gasteiger charge is -2.33. The van der Waals surface area contributed by atoms with Gasteiger partial charge in [-0.2, -0.15) is 0 Å². The van der Waals surface area contributed by atoms with Crippen molar-refractivity contribution in [2.24, 2.45) is 5.92 Å². The average Bonchev–Trinajstić information content (AvgIpc) is 2.62. The van der Waals surface area contributed by atoms with E-state index in [1.807, 2.05) is 13.8 Å². The van der Waals surface area contributed by atoms with Gasteiger partial charge in [-0.1, -0.05) is 13.8 Å². The van der Waals surface area contributed by atoms with Crippen molar-refractivity contribution in [2.75, 3.05) is 13.1 Å². The fourth-order valence-electron chi connectivity index (χ4n) is 2.47. The zero-order valence-electron chi connectivity index (χ0n) is 7.76. The summed E-state index contributed by atoms with van der Waals surface area (Å²) in [5.74, 6) is 0.233. The molecule has 3 heteroatoms. The Bertz CT molecular complexity index is 173. The Kier molecular flexibility index (Phi) is 1.90. The molecule has 2 fully saturated rings. The molecule has 2 saturated heterocycles. The molecule has 69 valence electrons. The van der Waals surface area contributed by atoms with Gasteiger partial charge in [0.2, 0.25) is 0 Å². The third-order valence-electron chi connectivity index (χ3n) is 3.17. The summed E-state index contributed by atoms with van der Waals surface area (Å²) in [5.41, 5.74) is -0.126. The highest BCUT2D eigenvalue weighted by atomic mass is 16.3. The lowest BCUT2D eigenvalue weighted by atomic mass is 9.86. The van der Waals surface area contributed by atoms with Crippen LogP contribution in [-0.2, 0) is 5.11 Å².